The molecule has 1 nitrogen and oxygen atoms in total. The van der Waals surface area contributed by atoms with Gasteiger partial charge in [0.05, 0.1) is 0 Å². The number of aryl methyl sites for hydroxylation is 1. The van der Waals surface area contributed by atoms with Gasteiger partial charge in [-0.1, -0.05) is 51.0 Å². The maximum atomic E-state index is 6.57. The Morgan fingerprint density at radius 1 is 1.24 bits per heavy atom. The van der Waals surface area contributed by atoms with Crippen molar-refractivity contribution in [1.82, 2.24) is 0 Å². The van der Waals surface area contributed by atoms with Crippen molar-refractivity contribution in [3.05, 3.63) is 35.4 Å². The molecule has 1 aliphatic rings. The third-order valence-electron chi connectivity index (χ3n) is 4.30. The molecule has 0 spiro atoms. The van der Waals surface area contributed by atoms with Crippen molar-refractivity contribution in [3.63, 3.8) is 0 Å². The summed E-state index contributed by atoms with van der Waals surface area (Å²) in [4.78, 5) is 0. The lowest BCUT2D eigenvalue weighted by molar-refractivity contribution is 0.424. The Bertz CT molecular complexity index is 354. The van der Waals surface area contributed by atoms with Crippen molar-refractivity contribution in [2.45, 2.75) is 57.9 Å². The zero-order valence-electron chi connectivity index (χ0n) is 11.2. The predicted octanol–water partition coefficient (Wildman–Crippen LogP) is 4.00. The molecule has 0 saturated heterocycles. The summed E-state index contributed by atoms with van der Waals surface area (Å²) in [5.41, 5.74) is 9.30. The Balaban J connectivity index is 2.11. The predicted molar refractivity (Wildman–Crippen MR) is 73.9 cm³/mol. The Morgan fingerprint density at radius 2 is 1.94 bits per heavy atom. The van der Waals surface area contributed by atoms with E-state index in [1.807, 2.05) is 0 Å². The molecular weight excluding hydrogens is 206 g/mol. The summed E-state index contributed by atoms with van der Waals surface area (Å²) in [7, 11) is 0. The number of hydrogen-bond donors (Lipinski definition) is 1. The molecule has 0 heterocycles. The van der Waals surface area contributed by atoms with Crippen molar-refractivity contribution < 1.29 is 0 Å². The molecule has 0 amide bonds. The van der Waals surface area contributed by atoms with E-state index in [9.17, 15) is 0 Å². The van der Waals surface area contributed by atoms with Gasteiger partial charge in [0.25, 0.3) is 0 Å². The van der Waals surface area contributed by atoms with Gasteiger partial charge in [0, 0.05) is 5.54 Å². The van der Waals surface area contributed by atoms with Gasteiger partial charge in [-0.2, -0.15) is 0 Å². The standard InChI is InChI=1S/C16H25N/c1-3-5-14-6-8-15(9-7-14)16(17)11-10-13(4-2)12-16/h6-9,13H,3-5,10-12,17H2,1-2H3. The minimum atomic E-state index is -0.0502. The van der Waals surface area contributed by atoms with E-state index in [4.69, 9.17) is 5.73 Å². The minimum absolute atomic E-state index is 0.0502. The molecule has 0 aliphatic heterocycles. The first kappa shape index (κ1) is 12.6. The smallest absolute Gasteiger partial charge is 0.0412 e. The van der Waals surface area contributed by atoms with Gasteiger partial charge in [-0.25, -0.2) is 0 Å². The van der Waals surface area contributed by atoms with Gasteiger partial charge in [0.1, 0.15) is 0 Å². The van der Waals surface area contributed by atoms with E-state index in [-0.39, 0.29) is 5.54 Å². The van der Waals surface area contributed by atoms with Crippen LogP contribution >= 0.6 is 0 Å². The van der Waals surface area contributed by atoms with Crippen LogP contribution in [0.2, 0.25) is 0 Å². The summed E-state index contributed by atoms with van der Waals surface area (Å²) in [5.74, 6) is 0.829. The zero-order valence-corrected chi connectivity index (χ0v) is 11.2. The third kappa shape index (κ3) is 2.71. The Hall–Kier alpha value is -0.820. The van der Waals surface area contributed by atoms with Crippen LogP contribution in [0, 0.1) is 5.92 Å². The summed E-state index contributed by atoms with van der Waals surface area (Å²) in [6.45, 7) is 4.50. The maximum Gasteiger partial charge on any atom is 0.0412 e. The van der Waals surface area contributed by atoms with Crippen LogP contribution in [0.5, 0.6) is 0 Å². The molecule has 0 radical (unpaired) electrons. The molecule has 1 aromatic carbocycles. The number of hydrogen-bond acceptors (Lipinski definition) is 1. The average Bonchev–Trinajstić information content (AvgIpc) is 2.74. The molecule has 2 atom stereocenters. The van der Waals surface area contributed by atoms with E-state index in [1.165, 1.54) is 36.8 Å². The highest BCUT2D eigenvalue weighted by Gasteiger charge is 2.36. The molecular formula is C16H25N. The molecule has 1 heteroatoms. The van der Waals surface area contributed by atoms with E-state index in [2.05, 4.69) is 38.1 Å². The summed E-state index contributed by atoms with van der Waals surface area (Å²) in [6.07, 6.45) is 7.27. The topological polar surface area (TPSA) is 26.0 Å². The second kappa shape index (κ2) is 5.22. The summed E-state index contributed by atoms with van der Waals surface area (Å²) in [5, 5.41) is 0. The van der Waals surface area contributed by atoms with Crippen molar-refractivity contribution in [2.75, 3.05) is 0 Å². The molecule has 0 aromatic heterocycles. The van der Waals surface area contributed by atoms with Crippen molar-refractivity contribution in [3.8, 4) is 0 Å². The highest BCUT2D eigenvalue weighted by atomic mass is 14.8. The summed E-state index contributed by atoms with van der Waals surface area (Å²) in [6, 6.07) is 9.02. The third-order valence-corrected chi connectivity index (χ3v) is 4.30. The fourth-order valence-corrected chi connectivity index (χ4v) is 3.08. The first-order valence-electron chi connectivity index (χ1n) is 7.06. The molecule has 2 N–H and O–H groups in total. The van der Waals surface area contributed by atoms with Gasteiger partial charge in [-0.3, -0.25) is 0 Å². The van der Waals surface area contributed by atoms with Crippen LogP contribution in [0.25, 0.3) is 0 Å². The van der Waals surface area contributed by atoms with E-state index in [0.717, 1.165) is 18.8 Å². The van der Waals surface area contributed by atoms with E-state index >= 15 is 0 Å². The highest BCUT2D eigenvalue weighted by Crippen LogP contribution is 2.41. The zero-order chi connectivity index (χ0) is 12.3. The number of nitrogens with two attached hydrogens (primary N) is 1. The first-order chi connectivity index (χ1) is 8.18. The lowest BCUT2D eigenvalue weighted by Gasteiger charge is -2.25. The molecule has 94 valence electrons. The quantitative estimate of drug-likeness (QED) is 0.832. The van der Waals surface area contributed by atoms with Crippen LogP contribution in [-0.4, -0.2) is 0 Å². The highest BCUT2D eigenvalue weighted by molar-refractivity contribution is 5.29. The normalized spacial score (nSPS) is 28.5. The van der Waals surface area contributed by atoms with E-state index in [1.54, 1.807) is 0 Å². The van der Waals surface area contributed by atoms with Crippen LogP contribution in [0.15, 0.2) is 24.3 Å². The first-order valence-corrected chi connectivity index (χ1v) is 7.06. The Labute approximate surface area is 105 Å². The average molecular weight is 231 g/mol. The van der Waals surface area contributed by atoms with Gasteiger partial charge < -0.3 is 5.73 Å². The summed E-state index contributed by atoms with van der Waals surface area (Å²) >= 11 is 0. The lowest BCUT2D eigenvalue weighted by atomic mass is 9.87. The van der Waals surface area contributed by atoms with Crippen molar-refractivity contribution >= 4 is 0 Å². The van der Waals surface area contributed by atoms with E-state index < -0.39 is 0 Å². The monoisotopic (exact) mass is 231 g/mol. The largest absolute Gasteiger partial charge is 0.321 e. The fourth-order valence-electron chi connectivity index (χ4n) is 3.08. The molecule has 2 rings (SSSR count). The van der Waals surface area contributed by atoms with Gasteiger partial charge >= 0.3 is 0 Å². The summed E-state index contributed by atoms with van der Waals surface area (Å²) < 4.78 is 0. The van der Waals surface area contributed by atoms with Crippen LogP contribution in [0.3, 0.4) is 0 Å². The van der Waals surface area contributed by atoms with Crippen LogP contribution in [0.4, 0.5) is 0 Å². The minimum Gasteiger partial charge on any atom is -0.321 e. The van der Waals surface area contributed by atoms with Crippen LogP contribution in [0.1, 0.15) is 57.1 Å². The van der Waals surface area contributed by atoms with Crippen molar-refractivity contribution in [1.29, 1.82) is 0 Å². The molecule has 1 fully saturated rings. The van der Waals surface area contributed by atoms with Crippen molar-refractivity contribution in [2.24, 2.45) is 11.7 Å². The molecule has 1 aromatic rings. The fraction of sp³-hybridized carbons (Fsp3) is 0.625. The SMILES string of the molecule is CCCc1ccc(C2(N)CCC(CC)C2)cc1. The van der Waals surface area contributed by atoms with E-state index in [0.29, 0.717) is 0 Å². The van der Waals surface area contributed by atoms with Gasteiger partial charge in [0.15, 0.2) is 0 Å². The molecule has 1 aliphatic carbocycles. The molecule has 2 unspecified atom stereocenters. The number of benzene rings is 1. The van der Waals surface area contributed by atoms with Gasteiger partial charge in [0.2, 0.25) is 0 Å². The Kier molecular flexibility index (Phi) is 3.88. The molecule has 17 heavy (non-hydrogen) atoms. The molecule has 1 saturated carbocycles. The molecule has 0 bridgehead atoms. The second-order valence-electron chi connectivity index (χ2n) is 5.62. The maximum absolute atomic E-state index is 6.57. The van der Waals surface area contributed by atoms with Crippen LogP contribution < -0.4 is 5.73 Å². The Morgan fingerprint density at radius 3 is 2.47 bits per heavy atom. The van der Waals surface area contributed by atoms with Crippen LogP contribution in [-0.2, 0) is 12.0 Å². The lowest BCUT2D eigenvalue weighted by Crippen LogP contribution is -2.33. The van der Waals surface area contributed by atoms with Gasteiger partial charge in [-0.05, 0) is 42.7 Å². The second-order valence-corrected chi connectivity index (χ2v) is 5.62. The number of rotatable bonds is 4. The van der Waals surface area contributed by atoms with Gasteiger partial charge in [-0.15, -0.1) is 0 Å².